The minimum Gasteiger partial charge on any atom is -0.495 e. The van der Waals surface area contributed by atoms with Crippen LogP contribution < -0.4 is 10.1 Å². The number of nitrogens with one attached hydrogen (secondary N) is 1. The summed E-state index contributed by atoms with van der Waals surface area (Å²) in [5, 5.41) is 4.19. The van der Waals surface area contributed by atoms with Gasteiger partial charge in [-0.25, -0.2) is 0 Å². The van der Waals surface area contributed by atoms with Crippen molar-refractivity contribution in [2.45, 2.75) is 31.8 Å². The Bertz CT molecular complexity index is 361. The van der Waals surface area contributed by atoms with Crippen molar-refractivity contribution in [3.05, 3.63) is 28.8 Å². The molecule has 1 aliphatic carbocycles. The van der Waals surface area contributed by atoms with Crippen LogP contribution in [-0.4, -0.2) is 12.6 Å². The van der Waals surface area contributed by atoms with Crippen LogP contribution in [0.25, 0.3) is 0 Å². The van der Waals surface area contributed by atoms with E-state index in [0.717, 1.165) is 12.3 Å². The van der Waals surface area contributed by atoms with Gasteiger partial charge in [-0.05, 0) is 37.5 Å². The average molecular weight is 226 g/mol. The van der Waals surface area contributed by atoms with Gasteiger partial charge in [0.25, 0.3) is 0 Å². The van der Waals surface area contributed by atoms with Gasteiger partial charge in [-0.2, -0.15) is 0 Å². The third-order valence-corrected chi connectivity index (χ3v) is 3.23. The molecule has 0 heterocycles. The highest BCUT2D eigenvalue weighted by Crippen LogP contribution is 2.34. The minimum absolute atomic E-state index is 0.367. The molecule has 15 heavy (non-hydrogen) atoms. The first kappa shape index (κ1) is 10.8. The van der Waals surface area contributed by atoms with Gasteiger partial charge in [0.1, 0.15) is 5.75 Å². The van der Waals surface area contributed by atoms with Gasteiger partial charge in [0.2, 0.25) is 0 Å². The summed E-state index contributed by atoms with van der Waals surface area (Å²) in [6.07, 6.45) is 2.55. The number of methoxy groups -OCH3 is 1. The Morgan fingerprint density at radius 2 is 2.20 bits per heavy atom. The lowest BCUT2D eigenvalue weighted by molar-refractivity contribution is 0.414. The van der Waals surface area contributed by atoms with E-state index in [1.807, 2.05) is 18.2 Å². The van der Waals surface area contributed by atoms with E-state index in [2.05, 4.69) is 12.2 Å². The van der Waals surface area contributed by atoms with E-state index in [9.17, 15) is 0 Å². The third-order valence-electron chi connectivity index (χ3n) is 2.94. The van der Waals surface area contributed by atoms with Crippen molar-refractivity contribution < 1.29 is 4.74 Å². The molecular weight excluding hydrogens is 210 g/mol. The van der Waals surface area contributed by atoms with Crippen LogP contribution in [0.3, 0.4) is 0 Å². The third kappa shape index (κ3) is 2.64. The lowest BCUT2D eigenvalue weighted by Crippen LogP contribution is -2.26. The Morgan fingerprint density at radius 3 is 2.73 bits per heavy atom. The summed E-state index contributed by atoms with van der Waals surface area (Å²) in [7, 11) is 1.63. The van der Waals surface area contributed by atoms with Crippen molar-refractivity contribution in [2.24, 2.45) is 0 Å². The molecule has 1 aromatic rings. The molecule has 0 bridgehead atoms. The zero-order valence-corrected chi connectivity index (χ0v) is 9.90. The largest absolute Gasteiger partial charge is 0.495 e. The summed E-state index contributed by atoms with van der Waals surface area (Å²) < 4.78 is 5.11. The maximum atomic E-state index is 6.04. The maximum Gasteiger partial charge on any atom is 0.137 e. The molecule has 1 aliphatic rings. The molecule has 0 spiro atoms. The standard InChI is InChI=1S/C12H16ClNO/c1-12(5-6-12)14-8-9-3-4-11(15-2)10(13)7-9/h3-4,7,14H,5-6,8H2,1-2H3. The molecular formula is C12H16ClNO. The molecule has 0 amide bonds. The van der Waals surface area contributed by atoms with E-state index in [1.165, 1.54) is 18.4 Å². The molecule has 0 unspecified atom stereocenters. The lowest BCUT2D eigenvalue weighted by Gasteiger charge is -2.12. The first-order valence-corrected chi connectivity index (χ1v) is 5.58. The average Bonchev–Trinajstić information content (AvgIpc) is 2.95. The normalized spacial score (nSPS) is 17.5. The molecule has 0 aliphatic heterocycles. The van der Waals surface area contributed by atoms with Gasteiger partial charge in [0.15, 0.2) is 0 Å². The van der Waals surface area contributed by atoms with Crippen LogP contribution in [0.1, 0.15) is 25.3 Å². The first-order valence-electron chi connectivity index (χ1n) is 5.20. The summed E-state index contributed by atoms with van der Waals surface area (Å²) >= 11 is 6.04. The van der Waals surface area contributed by atoms with Gasteiger partial charge in [0.05, 0.1) is 12.1 Å². The molecule has 1 aromatic carbocycles. The monoisotopic (exact) mass is 225 g/mol. The fourth-order valence-electron chi connectivity index (χ4n) is 1.50. The summed E-state index contributed by atoms with van der Waals surface area (Å²) in [6, 6.07) is 5.91. The van der Waals surface area contributed by atoms with Crippen molar-refractivity contribution in [1.82, 2.24) is 5.32 Å². The highest BCUT2D eigenvalue weighted by atomic mass is 35.5. The SMILES string of the molecule is COc1ccc(CNC2(C)CC2)cc1Cl. The van der Waals surface area contributed by atoms with E-state index in [0.29, 0.717) is 10.6 Å². The Hall–Kier alpha value is -0.730. The van der Waals surface area contributed by atoms with Crippen LogP contribution in [0.15, 0.2) is 18.2 Å². The van der Waals surface area contributed by atoms with Gasteiger partial charge in [-0.1, -0.05) is 17.7 Å². The second kappa shape index (κ2) is 4.03. The highest BCUT2D eigenvalue weighted by Gasteiger charge is 2.36. The van der Waals surface area contributed by atoms with Crippen molar-refractivity contribution in [1.29, 1.82) is 0 Å². The molecule has 3 heteroatoms. The molecule has 0 aromatic heterocycles. The van der Waals surface area contributed by atoms with Crippen LogP contribution in [0, 0.1) is 0 Å². The van der Waals surface area contributed by atoms with Gasteiger partial charge >= 0.3 is 0 Å². The van der Waals surface area contributed by atoms with Crippen molar-refractivity contribution in [3.8, 4) is 5.75 Å². The molecule has 1 saturated carbocycles. The van der Waals surface area contributed by atoms with Crippen molar-refractivity contribution in [3.63, 3.8) is 0 Å². The van der Waals surface area contributed by atoms with E-state index < -0.39 is 0 Å². The molecule has 1 fully saturated rings. The fraction of sp³-hybridized carbons (Fsp3) is 0.500. The number of rotatable bonds is 4. The molecule has 2 rings (SSSR count). The van der Waals surface area contributed by atoms with Crippen LogP contribution in [0.4, 0.5) is 0 Å². The molecule has 0 atom stereocenters. The predicted molar refractivity (Wildman–Crippen MR) is 62.5 cm³/mol. The first-order chi connectivity index (χ1) is 7.13. The fourth-order valence-corrected chi connectivity index (χ4v) is 1.78. The molecule has 0 saturated heterocycles. The second-order valence-electron chi connectivity index (χ2n) is 4.38. The smallest absolute Gasteiger partial charge is 0.137 e. The number of ether oxygens (including phenoxy) is 1. The van der Waals surface area contributed by atoms with Crippen molar-refractivity contribution in [2.75, 3.05) is 7.11 Å². The number of hydrogen-bond donors (Lipinski definition) is 1. The van der Waals surface area contributed by atoms with Crippen LogP contribution >= 0.6 is 11.6 Å². The van der Waals surface area contributed by atoms with Crippen LogP contribution in [-0.2, 0) is 6.54 Å². The van der Waals surface area contributed by atoms with Crippen molar-refractivity contribution >= 4 is 11.6 Å². The van der Waals surface area contributed by atoms with Gasteiger partial charge < -0.3 is 10.1 Å². The van der Waals surface area contributed by atoms with E-state index >= 15 is 0 Å². The number of hydrogen-bond acceptors (Lipinski definition) is 2. The molecule has 0 radical (unpaired) electrons. The van der Waals surface area contributed by atoms with Gasteiger partial charge in [-0.15, -0.1) is 0 Å². The second-order valence-corrected chi connectivity index (χ2v) is 4.79. The Morgan fingerprint density at radius 1 is 1.47 bits per heavy atom. The van der Waals surface area contributed by atoms with E-state index in [-0.39, 0.29) is 0 Å². The molecule has 82 valence electrons. The zero-order chi connectivity index (χ0) is 10.9. The highest BCUT2D eigenvalue weighted by molar-refractivity contribution is 6.32. The summed E-state index contributed by atoms with van der Waals surface area (Å²) in [5.74, 6) is 0.734. The number of halogens is 1. The van der Waals surface area contributed by atoms with Crippen LogP contribution in [0.2, 0.25) is 5.02 Å². The predicted octanol–water partition coefficient (Wildman–Crippen LogP) is 2.99. The van der Waals surface area contributed by atoms with E-state index in [4.69, 9.17) is 16.3 Å². The summed E-state index contributed by atoms with van der Waals surface area (Å²) in [6.45, 7) is 3.12. The topological polar surface area (TPSA) is 21.3 Å². The Labute approximate surface area is 95.6 Å². The quantitative estimate of drug-likeness (QED) is 0.851. The number of benzene rings is 1. The molecule has 2 nitrogen and oxygen atoms in total. The molecule has 1 N–H and O–H groups in total. The minimum atomic E-state index is 0.367. The van der Waals surface area contributed by atoms with Crippen LogP contribution in [0.5, 0.6) is 5.75 Å². The van der Waals surface area contributed by atoms with Gasteiger partial charge in [-0.3, -0.25) is 0 Å². The summed E-state index contributed by atoms with van der Waals surface area (Å²) in [4.78, 5) is 0. The lowest BCUT2D eigenvalue weighted by atomic mass is 10.2. The maximum absolute atomic E-state index is 6.04. The van der Waals surface area contributed by atoms with E-state index in [1.54, 1.807) is 7.11 Å². The summed E-state index contributed by atoms with van der Waals surface area (Å²) in [5.41, 5.74) is 1.57. The Kier molecular flexibility index (Phi) is 2.89. The zero-order valence-electron chi connectivity index (χ0n) is 9.14. The van der Waals surface area contributed by atoms with Gasteiger partial charge in [0, 0.05) is 12.1 Å². The Balaban J connectivity index is 1.99.